The van der Waals surface area contributed by atoms with Crippen LogP contribution in [0, 0.1) is 0 Å². The largest absolute Gasteiger partial charge is 0.484 e. The van der Waals surface area contributed by atoms with E-state index >= 15 is 0 Å². The summed E-state index contributed by atoms with van der Waals surface area (Å²) < 4.78 is 7.36. The molecule has 1 heterocycles. The van der Waals surface area contributed by atoms with Crippen LogP contribution in [-0.2, 0) is 20.2 Å². The Bertz CT molecular complexity index is 554. The summed E-state index contributed by atoms with van der Waals surface area (Å²) in [5, 5.41) is 1.11. The lowest BCUT2D eigenvalue weighted by Crippen LogP contribution is -2.04. The monoisotopic (exact) mass is 285 g/mol. The van der Waals surface area contributed by atoms with Crippen molar-refractivity contribution < 1.29 is 4.74 Å². The highest BCUT2D eigenvalue weighted by molar-refractivity contribution is 6.32. The summed E-state index contributed by atoms with van der Waals surface area (Å²) in [6.45, 7) is 0.764. The second kappa shape index (κ2) is 5.61. The maximum atomic E-state index is 6.09. The minimum atomic E-state index is 0.310. The van der Waals surface area contributed by atoms with E-state index in [2.05, 4.69) is 4.98 Å². The predicted octanol–water partition coefficient (Wildman–Crippen LogP) is 2.76. The Morgan fingerprint density at radius 1 is 1.39 bits per heavy atom. The van der Waals surface area contributed by atoms with Crippen LogP contribution in [-0.4, -0.2) is 9.55 Å². The molecule has 0 saturated heterocycles. The fourth-order valence-electron chi connectivity index (χ4n) is 1.49. The first-order valence-electron chi connectivity index (χ1n) is 5.39. The van der Waals surface area contributed by atoms with Crippen LogP contribution in [0.25, 0.3) is 0 Å². The van der Waals surface area contributed by atoms with Gasteiger partial charge in [0.25, 0.3) is 0 Å². The number of halogens is 2. The van der Waals surface area contributed by atoms with Crippen molar-refractivity contribution in [2.24, 2.45) is 12.8 Å². The fraction of sp³-hybridized carbons (Fsp3) is 0.250. The van der Waals surface area contributed by atoms with E-state index in [0.29, 0.717) is 29.1 Å². The number of rotatable bonds is 4. The zero-order chi connectivity index (χ0) is 13.1. The van der Waals surface area contributed by atoms with Crippen molar-refractivity contribution in [2.75, 3.05) is 0 Å². The van der Waals surface area contributed by atoms with Crippen LogP contribution < -0.4 is 10.5 Å². The SMILES string of the molecule is Cn1c(Cl)cnc1COc1ccc(CN)cc1Cl. The quantitative estimate of drug-likeness (QED) is 0.940. The molecule has 0 amide bonds. The predicted molar refractivity (Wildman–Crippen MR) is 71.9 cm³/mol. The van der Waals surface area contributed by atoms with Gasteiger partial charge < -0.3 is 15.0 Å². The summed E-state index contributed by atoms with van der Waals surface area (Å²) in [5.74, 6) is 1.34. The van der Waals surface area contributed by atoms with Gasteiger partial charge in [-0.25, -0.2) is 4.98 Å². The number of nitrogens with zero attached hydrogens (tertiary/aromatic N) is 2. The van der Waals surface area contributed by atoms with E-state index in [0.717, 1.165) is 11.4 Å². The van der Waals surface area contributed by atoms with Gasteiger partial charge in [-0.15, -0.1) is 0 Å². The van der Waals surface area contributed by atoms with Crippen LogP contribution in [0.15, 0.2) is 24.4 Å². The molecule has 0 spiro atoms. The summed E-state index contributed by atoms with van der Waals surface area (Å²) in [4.78, 5) is 4.14. The molecule has 1 aromatic heterocycles. The van der Waals surface area contributed by atoms with Crippen LogP contribution >= 0.6 is 23.2 Å². The van der Waals surface area contributed by atoms with E-state index in [-0.39, 0.29) is 0 Å². The lowest BCUT2D eigenvalue weighted by atomic mass is 10.2. The molecule has 18 heavy (non-hydrogen) atoms. The molecule has 0 saturated carbocycles. The van der Waals surface area contributed by atoms with Gasteiger partial charge >= 0.3 is 0 Å². The normalized spacial score (nSPS) is 10.7. The molecule has 0 radical (unpaired) electrons. The number of benzene rings is 1. The fourth-order valence-corrected chi connectivity index (χ4v) is 1.89. The Labute approximate surface area is 115 Å². The van der Waals surface area contributed by atoms with Gasteiger partial charge in [-0.3, -0.25) is 0 Å². The molecule has 0 unspecified atom stereocenters. The third-order valence-corrected chi connectivity index (χ3v) is 3.26. The Balaban J connectivity index is 2.08. The molecule has 6 heteroatoms. The molecule has 0 aliphatic heterocycles. The first kappa shape index (κ1) is 13.2. The molecule has 2 aromatic rings. The van der Waals surface area contributed by atoms with Gasteiger partial charge in [0, 0.05) is 13.6 Å². The van der Waals surface area contributed by atoms with E-state index in [1.165, 1.54) is 0 Å². The number of hydrogen-bond acceptors (Lipinski definition) is 3. The molecule has 2 rings (SSSR count). The third kappa shape index (κ3) is 2.77. The van der Waals surface area contributed by atoms with E-state index < -0.39 is 0 Å². The van der Waals surface area contributed by atoms with Gasteiger partial charge in [0.1, 0.15) is 23.3 Å². The number of imidazole rings is 1. The van der Waals surface area contributed by atoms with Crippen LogP contribution in [0.5, 0.6) is 5.75 Å². The van der Waals surface area contributed by atoms with E-state index in [9.17, 15) is 0 Å². The second-order valence-corrected chi connectivity index (χ2v) is 4.61. The van der Waals surface area contributed by atoms with Crippen molar-refractivity contribution >= 4 is 23.2 Å². The topological polar surface area (TPSA) is 53.1 Å². The van der Waals surface area contributed by atoms with Crippen molar-refractivity contribution in [1.82, 2.24) is 9.55 Å². The molecule has 2 N–H and O–H groups in total. The lowest BCUT2D eigenvalue weighted by molar-refractivity contribution is 0.292. The third-order valence-electron chi connectivity index (χ3n) is 2.62. The van der Waals surface area contributed by atoms with Gasteiger partial charge in [-0.2, -0.15) is 0 Å². The lowest BCUT2D eigenvalue weighted by Gasteiger charge is -2.09. The van der Waals surface area contributed by atoms with Crippen LogP contribution in [0.2, 0.25) is 10.2 Å². The Hall–Kier alpha value is -1.23. The first-order valence-corrected chi connectivity index (χ1v) is 6.14. The minimum Gasteiger partial charge on any atom is -0.484 e. The maximum absolute atomic E-state index is 6.09. The molecule has 0 aliphatic rings. The molecular weight excluding hydrogens is 273 g/mol. The van der Waals surface area contributed by atoms with Gasteiger partial charge in [0.05, 0.1) is 11.2 Å². The van der Waals surface area contributed by atoms with E-state index in [4.69, 9.17) is 33.7 Å². The van der Waals surface area contributed by atoms with Gasteiger partial charge in [-0.05, 0) is 17.7 Å². The van der Waals surface area contributed by atoms with Crippen molar-refractivity contribution in [1.29, 1.82) is 0 Å². The highest BCUT2D eigenvalue weighted by Crippen LogP contribution is 2.26. The van der Waals surface area contributed by atoms with Crippen molar-refractivity contribution in [3.8, 4) is 5.75 Å². The van der Waals surface area contributed by atoms with E-state index in [1.807, 2.05) is 13.1 Å². The molecule has 0 bridgehead atoms. The Morgan fingerprint density at radius 2 is 2.17 bits per heavy atom. The Morgan fingerprint density at radius 3 is 2.72 bits per heavy atom. The summed E-state index contributed by atoms with van der Waals surface area (Å²) in [6, 6.07) is 5.48. The van der Waals surface area contributed by atoms with Crippen molar-refractivity contribution in [3.05, 3.63) is 46.0 Å². The zero-order valence-electron chi connectivity index (χ0n) is 9.86. The number of aromatic nitrogens is 2. The summed E-state index contributed by atoms with van der Waals surface area (Å²) in [6.07, 6.45) is 1.58. The average molecular weight is 286 g/mol. The summed E-state index contributed by atoms with van der Waals surface area (Å²) >= 11 is 12.0. The molecular formula is C12H13Cl2N3O. The van der Waals surface area contributed by atoms with Gasteiger partial charge in [0.15, 0.2) is 0 Å². The molecule has 1 aromatic carbocycles. The smallest absolute Gasteiger partial charge is 0.147 e. The van der Waals surface area contributed by atoms with Crippen LogP contribution in [0.1, 0.15) is 11.4 Å². The Kier molecular flexibility index (Phi) is 4.11. The molecule has 96 valence electrons. The molecule has 0 aliphatic carbocycles. The molecule has 0 fully saturated rings. The first-order chi connectivity index (χ1) is 8.61. The summed E-state index contributed by atoms with van der Waals surface area (Å²) in [7, 11) is 1.83. The minimum absolute atomic E-state index is 0.310. The number of hydrogen-bond donors (Lipinski definition) is 1. The second-order valence-electron chi connectivity index (χ2n) is 3.81. The standard InChI is InChI=1S/C12H13Cl2N3O/c1-17-11(14)6-16-12(17)7-18-10-3-2-8(5-15)4-9(10)13/h2-4,6H,5,7,15H2,1H3. The van der Waals surface area contributed by atoms with Crippen LogP contribution in [0.4, 0.5) is 0 Å². The maximum Gasteiger partial charge on any atom is 0.147 e. The number of nitrogens with two attached hydrogens (primary N) is 1. The molecule has 4 nitrogen and oxygen atoms in total. The average Bonchev–Trinajstić information content (AvgIpc) is 2.68. The van der Waals surface area contributed by atoms with Gasteiger partial charge in [0.2, 0.25) is 0 Å². The summed E-state index contributed by atoms with van der Waals surface area (Å²) in [5.41, 5.74) is 6.49. The van der Waals surface area contributed by atoms with Crippen LogP contribution in [0.3, 0.4) is 0 Å². The van der Waals surface area contributed by atoms with E-state index in [1.54, 1.807) is 22.9 Å². The highest BCUT2D eigenvalue weighted by atomic mass is 35.5. The zero-order valence-corrected chi connectivity index (χ0v) is 11.4. The number of ether oxygens (including phenoxy) is 1. The van der Waals surface area contributed by atoms with Crippen molar-refractivity contribution in [2.45, 2.75) is 13.2 Å². The molecule has 0 atom stereocenters. The van der Waals surface area contributed by atoms with Gasteiger partial charge in [-0.1, -0.05) is 29.3 Å². The highest BCUT2D eigenvalue weighted by Gasteiger charge is 2.07. The van der Waals surface area contributed by atoms with Crippen molar-refractivity contribution in [3.63, 3.8) is 0 Å².